The molecule has 1 saturated heterocycles. The second-order valence-electron chi connectivity index (χ2n) is 5.00. The molecule has 19 heavy (non-hydrogen) atoms. The van der Waals surface area contributed by atoms with Crippen molar-refractivity contribution in [3.8, 4) is 5.75 Å². The van der Waals surface area contributed by atoms with Crippen molar-refractivity contribution < 1.29 is 4.74 Å². The number of ether oxygens (including phenoxy) is 1. The Morgan fingerprint density at radius 2 is 2.00 bits per heavy atom. The van der Waals surface area contributed by atoms with E-state index in [1.807, 2.05) is 19.1 Å². The summed E-state index contributed by atoms with van der Waals surface area (Å²) in [4.78, 5) is 0. The molecule has 3 atom stereocenters. The maximum Gasteiger partial charge on any atom is 0.124 e. The van der Waals surface area contributed by atoms with E-state index in [0.29, 0.717) is 18.6 Å². The normalized spacial score (nSPS) is 26.6. The summed E-state index contributed by atoms with van der Waals surface area (Å²) in [6.07, 6.45) is 0. The molecule has 1 heterocycles. The lowest BCUT2D eigenvalue weighted by Gasteiger charge is -2.23. The lowest BCUT2D eigenvalue weighted by molar-refractivity contribution is 0.325. The highest BCUT2D eigenvalue weighted by Gasteiger charge is 2.34. The van der Waals surface area contributed by atoms with E-state index in [1.165, 1.54) is 5.56 Å². The van der Waals surface area contributed by atoms with Crippen LogP contribution in [0.25, 0.3) is 0 Å². The number of rotatable bonds is 6. The zero-order chi connectivity index (χ0) is 13.7. The molecule has 0 bridgehead atoms. The Morgan fingerprint density at radius 1 is 1.21 bits per heavy atom. The third-order valence-corrected chi connectivity index (χ3v) is 3.72. The van der Waals surface area contributed by atoms with Crippen molar-refractivity contribution in [2.24, 2.45) is 5.92 Å². The maximum atomic E-state index is 5.75. The Morgan fingerprint density at radius 3 is 2.74 bits per heavy atom. The van der Waals surface area contributed by atoms with Crippen LogP contribution in [0.2, 0.25) is 0 Å². The zero-order valence-electron chi connectivity index (χ0n) is 12.1. The van der Waals surface area contributed by atoms with Crippen molar-refractivity contribution in [2.45, 2.75) is 32.9 Å². The third kappa shape index (κ3) is 3.26. The molecule has 0 radical (unpaired) electrons. The largest absolute Gasteiger partial charge is 0.494 e. The fraction of sp³-hybridized carbons (Fsp3) is 0.600. The van der Waals surface area contributed by atoms with Crippen LogP contribution >= 0.6 is 0 Å². The van der Waals surface area contributed by atoms with E-state index in [4.69, 9.17) is 4.74 Å². The number of benzene rings is 1. The second kappa shape index (κ2) is 6.89. The number of hydrazine groups is 1. The van der Waals surface area contributed by atoms with E-state index in [2.05, 4.69) is 42.1 Å². The first kappa shape index (κ1) is 14.3. The van der Waals surface area contributed by atoms with E-state index in [1.54, 1.807) is 0 Å². The Balaban J connectivity index is 2.19. The van der Waals surface area contributed by atoms with Crippen LogP contribution in [0.5, 0.6) is 5.75 Å². The number of hydrogen-bond acceptors (Lipinski definition) is 4. The fourth-order valence-electron chi connectivity index (χ4n) is 2.66. The Hall–Kier alpha value is -1.10. The van der Waals surface area contributed by atoms with E-state index >= 15 is 0 Å². The highest BCUT2D eigenvalue weighted by Crippen LogP contribution is 2.33. The molecule has 0 spiro atoms. The quantitative estimate of drug-likeness (QED) is 0.733. The SMILES string of the molecule is CCNCC1C(C)NNC1c1ccccc1OCC. The van der Waals surface area contributed by atoms with Crippen LogP contribution in [-0.2, 0) is 0 Å². The summed E-state index contributed by atoms with van der Waals surface area (Å²) >= 11 is 0. The first-order chi connectivity index (χ1) is 9.27. The molecule has 106 valence electrons. The smallest absolute Gasteiger partial charge is 0.124 e. The van der Waals surface area contributed by atoms with Crippen LogP contribution in [0.1, 0.15) is 32.4 Å². The van der Waals surface area contributed by atoms with Gasteiger partial charge in [0.15, 0.2) is 0 Å². The fourth-order valence-corrected chi connectivity index (χ4v) is 2.66. The van der Waals surface area contributed by atoms with Crippen molar-refractivity contribution in [3.63, 3.8) is 0 Å². The molecule has 4 heteroatoms. The molecule has 4 nitrogen and oxygen atoms in total. The highest BCUT2D eigenvalue weighted by molar-refractivity contribution is 5.37. The molecule has 1 aromatic rings. The van der Waals surface area contributed by atoms with Crippen molar-refractivity contribution in [1.82, 2.24) is 16.2 Å². The van der Waals surface area contributed by atoms with E-state index < -0.39 is 0 Å². The summed E-state index contributed by atoms with van der Waals surface area (Å²) in [6, 6.07) is 9.04. The van der Waals surface area contributed by atoms with Crippen LogP contribution in [0.4, 0.5) is 0 Å². The van der Waals surface area contributed by atoms with Crippen molar-refractivity contribution in [3.05, 3.63) is 29.8 Å². The average molecular weight is 263 g/mol. The van der Waals surface area contributed by atoms with Crippen molar-refractivity contribution >= 4 is 0 Å². The van der Waals surface area contributed by atoms with E-state index in [9.17, 15) is 0 Å². The Kier molecular flexibility index (Phi) is 5.19. The van der Waals surface area contributed by atoms with Crippen LogP contribution in [0, 0.1) is 5.92 Å². The van der Waals surface area contributed by atoms with Gasteiger partial charge in [0.25, 0.3) is 0 Å². The molecular weight excluding hydrogens is 238 g/mol. The molecule has 2 rings (SSSR count). The van der Waals surface area contributed by atoms with Gasteiger partial charge in [-0.3, -0.25) is 5.43 Å². The second-order valence-corrected chi connectivity index (χ2v) is 5.00. The van der Waals surface area contributed by atoms with Gasteiger partial charge in [0.05, 0.1) is 12.6 Å². The number of para-hydroxylation sites is 1. The molecular formula is C15H25N3O. The minimum Gasteiger partial charge on any atom is -0.494 e. The first-order valence-corrected chi connectivity index (χ1v) is 7.21. The lowest BCUT2D eigenvalue weighted by atomic mass is 9.89. The molecule has 1 aliphatic heterocycles. The van der Waals surface area contributed by atoms with Gasteiger partial charge in [0, 0.05) is 24.1 Å². The minimum absolute atomic E-state index is 0.289. The van der Waals surface area contributed by atoms with Gasteiger partial charge in [-0.05, 0) is 26.5 Å². The Bertz CT molecular complexity index is 397. The molecule has 0 amide bonds. The highest BCUT2D eigenvalue weighted by atomic mass is 16.5. The summed E-state index contributed by atoms with van der Waals surface area (Å²) in [7, 11) is 0. The zero-order valence-corrected chi connectivity index (χ0v) is 12.1. The minimum atomic E-state index is 0.289. The maximum absolute atomic E-state index is 5.75. The van der Waals surface area contributed by atoms with Gasteiger partial charge in [-0.2, -0.15) is 0 Å². The molecule has 3 N–H and O–H groups in total. The predicted molar refractivity (Wildman–Crippen MR) is 78.1 cm³/mol. The van der Waals surface area contributed by atoms with Crippen LogP contribution in [0.3, 0.4) is 0 Å². The summed E-state index contributed by atoms with van der Waals surface area (Å²) in [5, 5.41) is 3.45. The van der Waals surface area contributed by atoms with Gasteiger partial charge in [-0.25, -0.2) is 5.43 Å². The lowest BCUT2D eigenvalue weighted by Crippen LogP contribution is -2.32. The number of nitrogens with one attached hydrogen (secondary N) is 3. The average Bonchev–Trinajstić information content (AvgIpc) is 2.79. The monoisotopic (exact) mass is 263 g/mol. The van der Waals surface area contributed by atoms with Crippen LogP contribution in [0.15, 0.2) is 24.3 Å². The van der Waals surface area contributed by atoms with Crippen molar-refractivity contribution in [1.29, 1.82) is 0 Å². The van der Waals surface area contributed by atoms with E-state index in [0.717, 1.165) is 18.8 Å². The summed E-state index contributed by atoms with van der Waals surface area (Å²) in [5.41, 5.74) is 8.00. The van der Waals surface area contributed by atoms with E-state index in [-0.39, 0.29) is 6.04 Å². The Labute approximate surface area is 115 Å². The summed E-state index contributed by atoms with van der Waals surface area (Å²) < 4.78 is 5.75. The molecule has 0 saturated carbocycles. The third-order valence-electron chi connectivity index (χ3n) is 3.72. The number of hydrogen-bond donors (Lipinski definition) is 3. The van der Waals surface area contributed by atoms with Gasteiger partial charge in [0.1, 0.15) is 5.75 Å². The van der Waals surface area contributed by atoms with Crippen LogP contribution < -0.4 is 20.9 Å². The summed E-state index contributed by atoms with van der Waals surface area (Å²) in [6.45, 7) is 9.09. The molecule has 1 fully saturated rings. The van der Waals surface area contributed by atoms with Gasteiger partial charge in [0.2, 0.25) is 0 Å². The molecule has 1 aromatic carbocycles. The van der Waals surface area contributed by atoms with Gasteiger partial charge < -0.3 is 10.1 Å². The molecule has 3 unspecified atom stereocenters. The van der Waals surface area contributed by atoms with Crippen molar-refractivity contribution in [2.75, 3.05) is 19.7 Å². The summed E-state index contributed by atoms with van der Waals surface area (Å²) in [5.74, 6) is 1.50. The molecule has 0 aliphatic carbocycles. The molecule has 0 aromatic heterocycles. The standard InChI is InChI=1S/C15H25N3O/c1-4-16-10-13-11(3)17-18-15(13)12-8-6-7-9-14(12)19-5-2/h6-9,11,13,15-18H,4-5,10H2,1-3H3. The van der Waals surface area contributed by atoms with Gasteiger partial charge in [-0.1, -0.05) is 25.1 Å². The van der Waals surface area contributed by atoms with Gasteiger partial charge in [-0.15, -0.1) is 0 Å². The van der Waals surface area contributed by atoms with Gasteiger partial charge >= 0.3 is 0 Å². The predicted octanol–water partition coefficient (Wildman–Crippen LogP) is 1.85. The van der Waals surface area contributed by atoms with Crippen LogP contribution in [-0.4, -0.2) is 25.7 Å². The first-order valence-electron chi connectivity index (χ1n) is 7.21. The molecule has 1 aliphatic rings. The topological polar surface area (TPSA) is 45.3 Å².